The van der Waals surface area contributed by atoms with E-state index < -0.39 is 0 Å². The van der Waals surface area contributed by atoms with Gasteiger partial charge in [0.25, 0.3) is 0 Å². The molecule has 0 aliphatic heterocycles. The molecule has 0 radical (unpaired) electrons. The van der Waals surface area contributed by atoms with Crippen LogP contribution in [0, 0.1) is 0 Å². The van der Waals surface area contributed by atoms with E-state index in [1.54, 1.807) is 0 Å². The Morgan fingerprint density at radius 1 is 0.412 bits per heavy atom. The molecule has 0 spiro atoms. The Hall–Kier alpha value is -6.38. The number of benzene rings is 8. The Bertz CT molecular complexity index is 2760. The second-order valence-electron chi connectivity index (χ2n) is 14.2. The monoisotopic (exact) mass is 652 g/mol. The van der Waals surface area contributed by atoms with Crippen molar-refractivity contribution in [3.8, 4) is 27.9 Å². The highest BCUT2D eigenvalue weighted by molar-refractivity contribution is 6.10. The first-order chi connectivity index (χ1) is 25.1. The average Bonchev–Trinajstić information content (AvgIpc) is 3.63. The number of hydrogen-bond acceptors (Lipinski definition) is 1. The molecule has 1 aliphatic rings. The zero-order chi connectivity index (χ0) is 34.1. The van der Waals surface area contributed by atoms with Crippen molar-refractivity contribution in [3.63, 3.8) is 0 Å². The largest absolute Gasteiger partial charge is 0.310 e. The molecule has 0 atom stereocenters. The summed E-state index contributed by atoms with van der Waals surface area (Å²) in [6.45, 7) is 4.71. The minimum Gasteiger partial charge on any atom is -0.310 e. The number of rotatable bonds is 5. The van der Waals surface area contributed by atoms with Gasteiger partial charge >= 0.3 is 0 Å². The van der Waals surface area contributed by atoms with E-state index in [9.17, 15) is 0 Å². The Balaban J connectivity index is 1.17. The van der Waals surface area contributed by atoms with E-state index in [2.05, 4.69) is 205 Å². The van der Waals surface area contributed by atoms with E-state index in [0.29, 0.717) is 0 Å². The Morgan fingerprint density at radius 3 is 1.88 bits per heavy atom. The molecule has 2 heteroatoms. The summed E-state index contributed by atoms with van der Waals surface area (Å²) in [4.78, 5) is 2.43. The summed E-state index contributed by atoms with van der Waals surface area (Å²) in [5, 5.41) is 5.00. The fourth-order valence-corrected chi connectivity index (χ4v) is 8.50. The third kappa shape index (κ3) is 4.57. The maximum absolute atomic E-state index is 2.43. The zero-order valence-electron chi connectivity index (χ0n) is 28.7. The van der Waals surface area contributed by atoms with Crippen molar-refractivity contribution in [1.82, 2.24) is 4.57 Å². The van der Waals surface area contributed by atoms with Gasteiger partial charge in [0.15, 0.2) is 0 Å². The van der Waals surface area contributed by atoms with E-state index in [1.165, 1.54) is 66.0 Å². The Labute approximate surface area is 298 Å². The fraction of sp³-hybridized carbons (Fsp3) is 0.0612. The van der Waals surface area contributed by atoms with E-state index >= 15 is 0 Å². The quantitative estimate of drug-likeness (QED) is 0.180. The van der Waals surface area contributed by atoms with Gasteiger partial charge in [0.2, 0.25) is 0 Å². The highest BCUT2D eigenvalue weighted by Gasteiger charge is 2.35. The maximum Gasteiger partial charge on any atom is 0.0542 e. The van der Waals surface area contributed by atoms with Gasteiger partial charge < -0.3 is 9.47 Å². The van der Waals surface area contributed by atoms with E-state index in [-0.39, 0.29) is 5.41 Å². The van der Waals surface area contributed by atoms with Crippen molar-refractivity contribution in [2.45, 2.75) is 19.3 Å². The predicted octanol–water partition coefficient (Wildman–Crippen LogP) is 13.4. The summed E-state index contributed by atoms with van der Waals surface area (Å²) in [5.41, 5.74) is 14.7. The van der Waals surface area contributed by atoms with Crippen LogP contribution in [0.5, 0.6) is 0 Å². The molecule has 0 bridgehead atoms. The van der Waals surface area contributed by atoms with Crippen molar-refractivity contribution >= 4 is 49.6 Å². The molecule has 0 unspecified atom stereocenters. The fourth-order valence-electron chi connectivity index (χ4n) is 8.50. The van der Waals surface area contributed by atoms with Crippen molar-refractivity contribution in [2.75, 3.05) is 4.90 Å². The highest BCUT2D eigenvalue weighted by Crippen LogP contribution is 2.51. The molecule has 1 aliphatic carbocycles. The molecule has 8 aromatic carbocycles. The van der Waals surface area contributed by atoms with Crippen LogP contribution in [0.4, 0.5) is 17.1 Å². The molecule has 1 aromatic heterocycles. The number of para-hydroxylation sites is 2. The van der Waals surface area contributed by atoms with Gasteiger partial charge in [-0.05, 0) is 105 Å². The molecule has 1 heterocycles. The lowest BCUT2D eigenvalue weighted by Crippen LogP contribution is -2.16. The van der Waals surface area contributed by atoms with Crippen LogP contribution in [0.1, 0.15) is 25.0 Å². The van der Waals surface area contributed by atoms with Gasteiger partial charge in [-0.3, -0.25) is 0 Å². The summed E-state index contributed by atoms with van der Waals surface area (Å²) < 4.78 is 2.38. The number of fused-ring (bicyclic) bond motifs is 7. The van der Waals surface area contributed by atoms with Gasteiger partial charge in [0, 0.05) is 38.9 Å². The first kappa shape index (κ1) is 29.5. The lowest BCUT2D eigenvalue weighted by molar-refractivity contribution is 0.660. The molecule has 0 fully saturated rings. The molecule has 10 rings (SSSR count). The molecule has 242 valence electrons. The minimum atomic E-state index is -0.0983. The number of hydrogen-bond donors (Lipinski definition) is 0. The van der Waals surface area contributed by atoms with Gasteiger partial charge in [0.1, 0.15) is 0 Å². The van der Waals surface area contributed by atoms with Crippen LogP contribution in [-0.4, -0.2) is 4.57 Å². The standard InChI is InChI=1S/C49H36N2/c1-49(2)45-21-10-8-18-41(45)42-29-27-38(32-46(42)49)50(36-25-23-34(24-26-36)40-20-12-14-33-13-6-7-17-39(33)40)37-28-30-48-44(31-37)43-19-9-11-22-47(43)51(48)35-15-4-3-5-16-35/h3-32H,1-2H3. The summed E-state index contributed by atoms with van der Waals surface area (Å²) in [7, 11) is 0. The van der Waals surface area contributed by atoms with E-state index in [0.717, 1.165) is 22.7 Å². The molecule has 2 nitrogen and oxygen atoms in total. The Kier molecular flexibility index (Phi) is 6.56. The normalized spacial score (nSPS) is 13.1. The Morgan fingerprint density at radius 2 is 1.02 bits per heavy atom. The van der Waals surface area contributed by atoms with Gasteiger partial charge in [-0.15, -0.1) is 0 Å². The third-order valence-corrected chi connectivity index (χ3v) is 11.0. The molecule has 0 N–H and O–H groups in total. The van der Waals surface area contributed by atoms with Gasteiger partial charge in [-0.1, -0.05) is 135 Å². The predicted molar refractivity (Wildman–Crippen MR) is 216 cm³/mol. The summed E-state index contributed by atoms with van der Waals surface area (Å²) in [6.07, 6.45) is 0. The van der Waals surface area contributed by atoms with Crippen molar-refractivity contribution in [3.05, 3.63) is 193 Å². The van der Waals surface area contributed by atoms with Crippen LogP contribution < -0.4 is 4.90 Å². The van der Waals surface area contributed by atoms with Crippen molar-refractivity contribution in [1.29, 1.82) is 0 Å². The van der Waals surface area contributed by atoms with E-state index in [4.69, 9.17) is 0 Å². The maximum atomic E-state index is 2.43. The lowest BCUT2D eigenvalue weighted by atomic mass is 9.82. The van der Waals surface area contributed by atoms with Crippen LogP contribution in [0.15, 0.2) is 182 Å². The molecular formula is C49H36N2. The first-order valence-corrected chi connectivity index (χ1v) is 17.8. The number of nitrogens with zero attached hydrogens (tertiary/aromatic N) is 2. The van der Waals surface area contributed by atoms with Crippen LogP contribution in [0.25, 0.3) is 60.5 Å². The SMILES string of the molecule is CC1(C)c2ccccc2-c2ccc(N(c3ccc(-c4cccc5ccccc45)cc3)c3ccc4c(c3)c3ccccc3n4-c3ccccc3)cc21. The van der Waals surface area contributed by atoms with Crippen LogP contribution in [-0.2, 0) is 5.41 Å². The molecule has 51 heavy (non-hydrogen) atoms. The molecular weight excluding hydrogens is 617 g/mol. The second-order valence-corrected chi connectivity index (χ2v) is 14.2. The van der Waals surface area contributed by atoms with Crippen molar-refractivity contribution in [2.24, 2.45) is 0 Å². The van der Waals surface area contributed by atoms with Crippen LogP contribution in [0.3, 0.4) is 0 Å². The smallest absolute Gasteiger partial charge is 0.0542 e. The number of aromatic nitrogens is 1. The van der Waals surface area contributed by atoms with Crippen LogP contribution >= 0.6 is 0 Å². The molecule has 9 aromatic rings. The van der Waals surface area contributed by atoms with Crippen molar-refractivity contribution < 1.29 is 0 Å². The summed E-state index contributed by atoms with van der Waals surface area (Å²) in [5.74, 6) is 0. The number of anilines is 3. The highest BCUT2D eigenvalue weighted by atomic mass is 15.1. The summed E-state index contributed by atoms with van der Waals surface area (Å²) in [6, 6.07) is 66.6. The first-order valence-electron chi connectivity index (χ1n) is 17.8. The second kappa shape index (κ2) is 11.3. The van der Waals surface area contributed by atoms with Gasteiger partial charge in [0.05, 0.1) is 11.0 Å². The third-order valence-electron chi connectivity index (χ3n) is 11.0. The average molecular weight is 653 g/mol. The molecule has 0 saturated heterocycles. The molecule has 0 amide bonds. The molecule has 0 saturated carbocycles. The summed E-state index contributed by atoms with van der Waals surface area (Å²) >= 11 is 0. The lowest BCUT2D eigenvalue weighted by Gasteiger charge is -2.28. The minimum absolute atomic E-state index is 0.0983. The van der Waals surface area contributed by atoms with Crippen LogP contribution in [0.2, 0.25) is 0 Å². The van der Waals surface area contributed by atoms with E-state index in [1.807, 2.05) is 0 Å². The zero-order valence-corrected chi connectivity index (χ0v) is 28.7. The van der Waals surface area contributed by atoms with Gasteiger partial charge in [-0.25, -0.2) is 0 Å². The van der Waals surface area contributed by atoms with Gasteiger partial charge in [-0.2, -0.15) is 0 Å². The topological polar surface area (TPSA) is 8.17 Å².